The molecule has 0 aromatic carbocycles. The van der Waals surface area contributed by atoms with Gasteiger partial charge in [0.25, 0.3) is 0 Å². The van der Waals surface area contributed by atoms with E-state index in [-0.39, 0.29) is 12.8 Å². The van der Waals surface area contributed by atoms with Crippen molar-refractivity contribution in [3.05, 3.63) is 0 Å². The number of hydrogen-bond donors (Lipinski definition) is 4. The lowest BCUT2D eigenvalue weighted by molar-refractivity contribution is -0.139. The second kappa shape index (κ2) is 34.9. The topological polar surface area (TPSA) is 121 Å². The summed E-state index contributed by atoms with van der Waals surface area (Å²) in [6.45, 7) is 2.67. The molecule has 6 heteroatoms. The van der Waals surface area contributed by atoms with Gasteiger partial charge in [-0.15, -0.1) is 0 Å². The highest BCUT2D eigenvalue weighted by atomic mass is 16.4. The molecule has 5 N–H and O–H groups in total. The number of carboxylic acid groups (broad SMARTS) is 2. The highest BCUT2D eigenvalue weighted by Gasteiger charge is 2.12. The molecule has 0 saturated carbocycles. The molecule has 0 amide bonds. The number of aliphatic hydroxyl groups is 1. The quantitative estimate of drug-likeness (QED) is 0.0653. The summed E-state index contributed by atoms with van der Waals surface area (Å²) in [7, 11) is 0. The van der Waals surface area contributed by atoms with Crippen molar-refractivity contribution < 1.29 is 24.9 Å². The Hall–Kier alpha value is -1.14. The first-order valence-corrected chi connectivity index (χ1v) is 16.8. The zero-order valence-corrected chi connectivity index (χ0v) is 25.8. The molecule has 1 unspecified atom stereocenters. The largest absolute Gasteiger partial charge is 0.481 e. The van der Waals surface area contributed by atoms with Crippen LogP contribution in [0.3, 0.4) is 0 Å². The number of unbranched alkanes of at least 4 members (excludes halogenated alkanes) is 25. The van der Waals surface area contributed by atoms with Crippen LogP contribution in [0.1, 0.15) is 187 Å². The minimum absolute atomic E-state index is 0.0231. The molecule has 0 heterocycles. The summed E-state index contributed by atoms with van der Waals surface area (Å²) in [6.07, 6.45) is 36.9. The van der Waals surface area contributed by atoms with E-state index in [1.165, 1.54) is 161 Å². The van der Waals surface area contributed by atoms with E-state index < -0.39 is 18.0 Å². The summed E-state index contributed by atoms with van der Waals surface area (Å²) in [5, 5.41) is 25.0. The van der Waals surface area contributed by atoms with E-state index in [4.69, 9.17) is 21.1 Å². The fourth-order valence-corrected chi connectivity index (χ4v) is 4.83. The first-order chi connectivity index (χ1) is 19.0. The van der Waals surface area contributed by atoms with Crippen LogP contribution in [-0.4, -0.2) is 39.9 Å². The molecule has 1 atom stereocenters. The lowest BCUT2D eigenvalue weighted by atomic mass is 10.0. The summed E-state index contributed by atoms with van der Waals surface area (Å²) in [4.78, 5) is 19.9. The van der Waals surface area contributed by atoms with E-state index in [0.717, 1.165) is 6.42 Å². The average molecular weight is 558 g/mol. The molecule has 0 bridgehead atoms. The minimum atomic E-state index is -1.17. The number of nitrogens with two attached hydrogens (primary N) is 1. The van der Waals surface area contributed by atoms with Crippen LogP contribution in [0.4, 0.5) is 0 Å². The van der Waals surface area contributed by atoms with Crippen molar-refractivity contribution in [3.8, 4) is 0 Å². The van der Waals surface area contributed by atoms with Crippen LogP contribution < -0.4 is 5.73 Å². The maximum Gasteiger partial charge on any atom is 0.320 e. The van der Waals surface area contributed by atoms with Crippen LogP contribution in [0.25, 0.3) is 0 Å². The van der Waals surface area contributed by atoms with Crippen LogP contribution in [0, 0.1) is 0 Å². The number of hydrogen-bond acceptors (Lipinski definition) is 4. The van der Waals surface area contributed by atoms with Gasteiger partial charge < -0.3 is 21.1 Å². The SMILES string of the molecule is CCCCCCCCCCCCCCCCCCCCCCCCCCCCO.NC(CCC(=O)O)C(=O)O. The van der Waals surface area contributed by atoms with Crippen LogP contribution in [0.15, 0.2) is 0 Å². The van der Waals surface area contributed by atoms with Crippen LogP contribution >= 0.6 is 0 Å². The highest BCUT2D eigenvalue weighted by Crippen LogP contribution is 2.15. The van der Waals surface area contributed by atoms with E-state index in [2.05, 4.69) is 6.92 Å². The second-order valence-electron chi connectivity index (χ2n) is 11.4. The molecule has 0 fully saturated rings. The summed E-state index contributed by atoms with van der Waals surface area (Å²) in [5.41, 5.74) is 5.00. The second-order valence-corrected chi connectivity index (χ2v) is 11.4. The standard InChI is InChI=1S/C28H58O.C5H9NO4/c1-2-3-4-5-6-7-8-9-10-11-12-13-14-15-16-17-18-19-20-21-22-23-24-25-26-27-28-29;6-3(5(9)10)1-2-4(7)8/h29H,2-28H2,1H3;3H,1-2,6H2,(H,7,8)(H,9,10). The average Bonchev–Trinajstić information content (AvgIpc) is 2.92. The fourth-order valence-electron chi connectivity index (χ4n) is 4.83. The van der Waals surface area contributed by atoms with E-state index in [1.807, 2.05) is 0 Å². The number of aliphatic hydroxyl groups excluding tert-OH is 1. The first kappa shape index (κ1) is 40.0. The third-order valence-electron chi connectivity index (χ3n) is 7.50. The van der Waals surface area contributed by atoms with E-state index in [9.17, 15) is 9.59 Å². The van der Waals surface area contributed by atoms with Crippen molar-refractivity contribution >= 4 is 11.9 Å². The molecule has 39 heavy (non-hydrogen) atoms. The number of rotatable bonds is 30. The Balaban J connectivity index is 0. The molecule has 234 valence electrons. The van der Waals surface area contributed by atoms with E-state index in [0.29, 0.717) is 6.61 Å². The van der Waals surface area contributed by atoms with Crippen molar-refractivity contribution in [2.45, 2.75) is 193 Å². The number of carboxylic acids is 2. The van der Waals surface area contributed by atoms with Crippen molar-refractivity contribution in [3.63, 3.8) is 0 Å². The van der Waals surface area contributed by atoms with Crippen LogP contribution in [-0.2, 0) is 9.59 Å². The van der Waals surface area contributed by atoms with Gasteiger partial charge in [0, 0.05) is 13.0 Å². The van der Waals surface area contributed by atoms with Gasteiger partial charge >= 0.3 is 11.9 Å². The Morgan fingerprint density at radius 1 is 0.513 bits per heavy atom. The molecule has 0 rings (SSSR count). The van der Waals surface area contributed by atoms with E-state index >= 15 is 0 Å². The summed E-state index contributed by atoms with van der Waals surface area (Å²) < 4.78 is 0. The Kier molecular flexibility index (Phi) is 35.8. The summed E-state index contributed by atoms with van der Waals surface area (Å²) >= 11 is 0. The Labute approximate surface area is 241 Å². The highest BCUT2D eigenvalue weighted by molar-refractivity contribution is 5.74. The Bertz CT molecular complexity index is 474. The van der Waals surface area contributed by atoms with Gasteiger partial charge in [0.2, 0.25) is 0 Å². The van der Waals surface area contributed by atoms with Gasteiger partial charge in [-0.1, -0.05) is 167 Å². The zero-order chi connectivity index (χ0) is 29.2. The Morgan fingerprint density at radius 2 is 0.769 bits per heavy atom. The molecule has 0 aliphatic rings. The number of carbonyl (C=O) groups is 2. The predicted octanol–water partition coefficient (Wildman–Crippen LogP) is 9.40. The molecular weight excluding hydrogens is 490 g/mol. The fraction of sp³-hybridized carbons (Fsp3) is 0.939. The molecule has 0 aliphatic carbocycles. The van der Waals surface area contributed by atoms with Gasteiger partial charge in [0.1, 0.15) is 6.04 Å². The molecule has 0 radical (unpaired) electrons. The van der Waals surface area contributed by atoms with Gasteiger partial charge in [-0.25, -0.2) is 0 Å². The van der Waals surface area contributed by atoms with Crippen LogP contribution in [0.5, 0.6) is 0 Å². The van der Waals surface area contributed by atoms with E-state index in [1.54, 1.807) is 0 Å². The lowest BCUT2D eigenvalue weighted by Crippen LogP contribution is -2.30. The Morgan fingerprint density at radius 3 is 0.974 bits per heavy atom. The van der Waals surface area contributed by atoms with Crippen molar-refractivity contribution in [2.24, 2.45) is 5.73 Å². The van der Waals surface area contributed by atoms with Crippen molar-refractivity contribution in [1.29, 1.82) is 0 Å². The van der Waals surface area contributed by atoms with Crippen molar-refractivity contribution in [1.82, 2.24) is 0 Å². The first-order valence-electron chi connectivity index (χ1n) is 16.8. The van der Waals surface area contributed by atoms with Gasteiger partial charge in [0.15, 0.2) is 0 Å². The molecular formula is C33H67NO5. The third-order valence-corrected chi connectivity index (χ3v) is 7.50. The molecule has 0 saturated heterocycles. The smallest absolute Gasteiger partial charge is 0.320 e. The molecule has 0 spiro atoms. The van der Waals surface area contributed by atoms with Gasteiger partial charge in [0.05, 0.1) is 0 Å². The monoisotopic (exact) mass is 558 g/mol. The van der Waals surface area contributed by atoms with Gasteiger partial charge in [-0.2, -0.15) is 0 Å². The van der Waals surface area contributed by atoms with Gasteiger partial charge in [-0.3, -0.25) is 9.59 Å². The molecule has 0 aliphatic heterocycles. The lowest BCUT2D eigenvalue weighted by Gasteiger charge is -2.04. The predicted molar refractivity (Wildman–Crippen MR) is 165 cm³/mol. The summed E-state index contributed by atoms with van der Waals surface area (Å²) in [6, 6.07) is -1.06. The normalized spacial score (nSPS) is 11.7. The van der Waals surface area contributed by atoms with Gasteiger partial charge in [-0.05, 0) is 12.8 Å². The maximum absolute atomic E-state index is 9.99. The maximum atomic E-state index is 9.99. The minimum Gasteiger partial charge on any atom is -0.481 e. The number of aliphatic carboxylic acids is 2. The van der Waals surface area contributed by atoms with Crippen LogP contribution in [0.2, 0.25) is 0 Å². The summed E-state index contributed by atoms with van der Waals surface area (Å²) in [5.74, 6) is -2.20. The third kappa shape index (κ3) is 39.1. The molecule has 6 nitrogen and oxygen atoms in total. The molecule has 0 aromatic heterocycles. The van der Waals surface area contributed by atoms with Crippen molar-refractivity contribution in [2.75, 3.05) is 6.61 Å². The zero-order valence-electron chi connectivity index (χ0n) is 25.8. The molecule has 0 aromatic rings.